The van der Waals surface area contributed by atoms with Crippen molar-refractivity contribution in [2.24, 2.45) is 0 Å². The Labute approximate surface area is 326 Å². The van der Waals surface area contributed by atoms with Crippen LogP contribution in [-0.4, -0.2) is 42.4 Å². The van der Waals surface area contributed by atoms with Crippen molar-refractivity contribution in [2.75, 3.05) is 12.4 Å². The molecule has 6 aromatic carbocycles. The number of amides is 2. The highest BCUT2D eigenvalue weighted by Crippen LogP contribution is 2.49. The Morgan fingerprint density at radius 1 is 0.600 bits per heavy atom. The molecule has 0 radical (unpaired) electrons. The van der Waals surface area contributed by atoms with E-state index in [2.05, 4.69) is 71.3 Å². The molecule has 7 rings (SSSR count). The number of thioether (sulfide) groups is 1. The van der Waals surface area contributed by atoms with Gasteiger partial charge in [-0.1, -0.05) is 170 Å². The Balaban J connectivity index is 1.15. The molecule has 0 saturated heterocycles. The maximum Gasteiger partial charge on any atom is 0.407 e. The fourth-order valence-electron chi connectivity index (χ4n) is 7.17. The van der Waals surface area contributed by atoms with E-state index >= 15 is 0 Å². The first-order valence-corrected chi connectivity index (χ1v) is 19.4. The highest BCUT2D eigenvalue weighted by Gasteiger charge is 2.39. The Bertz CT molecular complexity index is 2070. The lowest BCUT2D eigenvalue weighted by Crippen LogP contribution is -2.52. The highest BCUT2D eigenvalue weighted by molar-refractivity contribution is 8.00. The van der Waals surface area contributed by atoms with Gasteiger partial charge in [-0.25, -0.2) is 9.59 Å². The van der Waals surface area contributed by atoms with Gasteiger partial charge in [0.2, 0.25) is 5.91 Å². The van der Waals surface area contributed by atoms with Crippen LogP contribution in [0, 0.1) is 0 Å². The fourth-order valence-corrected chi connectivity index (χ4v) is 8.73. The largest absolute Gasteiger partial charge is 0.459 e. The summed E-state index contributed by atoms with van der Waals surface area (Å²) < 4.78 is 10.7. The van der Waals surface area contributed by atoms with Crippen molar-refractivity contribution in [3.63, 3.8) is 0 Å². The Kier molecular flexibility index (Phi) is 11.7. The quantitative estimate of drug-likeness (QED) is 0.0855. The molecule has 0 fully saturated rings. The number of hydrogen-bond acceptors (Lipinski definition) is 6. The van der Waals surface area contributed by atoms with Gasteiger partial charge in [0, 0.05) is 11.7 Å². The number of nitrogens with one attached hydrogen (secondary N) is 2. The van der Waals surface area contributed by atoms with Crippen LogP contribution >= 0.6 is 11.8 Å². The molecule has 6 aromatic rings. The van der Waals surface area contributed by atoms with E-state index in [1.165, 1.54) is 11.8 Å². The van der Waals surface area contributed by atoms with Gasteiger partial charge in [-0.05, 0) is 51.4 Å². The van der Waals surface area contributed by atoms with Crippen LogP contribution in [0.4, 0.5) is 4.79 Å². The monoisotopic (exact) mass is 746 g/mol. The topological polar surface area (TPSA) is 93.7 Å². The molecular weight excluding hydrogens is 705 g/mol. The van der Waals surface area contributed by atoms with Gasteiger partial charge >= 0.3 is 12.1 Å². The number of esters is 1. The summed E-state index contributed by atoms with van der Waals surface area (Å²) in [6, 6.07) is 53.9. The molecule has 1 aliphatic rings. The van der Waals surface area contributed by atoms with Crippen molar-refractivity contribution in [2.45, 2.75) is 36.3 Å². The Morgan fingerprint density at radius 3 is 1.56 bits per heavy atom. The van der Waals surface area contributed by atoms with E-state index in [-0.39, 0.29) is 24.9 Å². The van der Waals surface area contributed by atoms with Crippen LogP contribution in [0.1, 0.15) is 46.2 Å². The van der Waals surface area contributed by atoms with Gasteiger partial charge in [0.1, 0.15) is 25.3 Å². The van der Waals surface area contributed by atoms with Crippen molar-refractivity contribution in [1.82, 2.24) is 10.6 Å². The van der Waals surface area contributed by atoms with Crippen LogP contribution in [-0.2, 0) is 30.4 Å². The van der Waals surface area contributed by atoms with Crippen molar-refractivity contribution in [1.29, 1.82) is 0 Å². The summed E-state index contributed by atoms with van der Waals surface area (Å²) in [6.07, 6.45) is -0.730. The summed E-state index contributed by atoms with van der Waals surface area (Å²) in [7, 11) is 0. The maximum absolute atomic E-state index is 14.2. The van der Waals surface area contributed by atoms with E-state index in [0.717, 1.165) is 44.5 Å². The second-order valence-corrected chi connectivity index (χ2v) is 14.7. The molecule has 0 unspecified atom stereocenters. The van der Waals surface area contributed by atoms with Crippen LogP contribution in [0.2, 0.25) is 0 Å². The summed E-state index contributed by atoms with van der Waals surface area (Å²) in [4.78, 5) is 41.0. The number of rotatable bonds is 14. The number of benzene rings is 6. The molecule has 55 heavy (non-hydrogen) atoms. The highest BCUT2D eigenvalue weighted by atomic mass is 32.2. The van der Waals surface area contributed by atoms with Crippen molar-refractivity contribution in [3.05, 3.63) is 203 Å². The van der Waals surface area contributed by atoms with E-state index in [1.54, 1.807) is 6.92 Å². The van der Waals surface area contributed by atoms with Gasteiger partial charge in [0.15, 0.2) is 0 Å². The van der Waals surface area contributed by atoms with E-state index < -0.39 is 34.8 Å². The third kappa shape index (κ3) is 8.35. The molecular formula is C47H42N2O5S. The fraction of sp³-hybridized carbons (Fsp3) is 0.170. The average Bonchev–Trinajstić information content (AvgIpc) is 3.56. The minimum atomic E-state index is -1.08. The first-order chi connectivity index (χ1) is 26.9. The van der Waals surface area contributed by atoms with Crippen LogP contribution in [0.3, 0.4) is 0 Å². The zero-order chi connectivity index (χ0) is 38.0. The predicted octanol–water partition coefficient (Wildman–Crippen LogP) is 8.87. The van der Waals surface area contributed by atoms with Crippen LogP contribution < -0.4 is 10.6 Å². The Hall–Kier alpha value is -6.12. The second kappa shape index (κ2) is 17.3. The summed E-state index contributed by atoms with van der Waals surface area (Å²) in [5, 5.41) is 5.67. The van der Waals surface area contributed by atoms with Gasteiger partial charge < -0.3 is 20.1 Å². The van der Waals surface area contributed by atoms with Gasteiger partial charge in [-0.2, -0.15) is 0 Å². The van der Waals surface area contributed by atoms with Gasteiger partial charge in [0.05, 0.1) is 4.75 Å². The molecule has 2 atom stereocenters. The minimum Gasteiger partial charge on any atom is -0.459 e. The molecule has 0 bridgehead atoms. The van der Waals surface area contributed by atoms with Gasteiger partial charge in [0.25, 0.3) is 0 Å². The lowest BCUT2D eigenvalue weighted by Gasteiger charge is -2.36. The molecule has 2 N–H and O–H groups in total. The third-order valence-corrected chi connectivity index (χ3v) is 11.5. The average molecular weight is 747 g/mol. The van der Waals surface area contributed by atoms with E-state index in [0.29, 0.717) is 0 Å². The molecule has 2 amide bonds. The van der Waals surface area contributed by atoms with E-state index in [4.69, 9.17) is 9.47 Å². The first kappa shape index (κ1) is 37.2. The number of alkyl carbamates (subject to hydrolysis) is 1. The van der Waals surface area contributed by atoms with Gasteiger partial charge in [-0.3, -0.25) is 4.79 Å². The van der Waals surface area contributed by atoms with E-state index in [9.17, 15) is 14.4 Å². The third-order valence-electron chi connectivity index (χ3n) is 9.90. The molecule has 0 aromatic heterocycles. The minimum absolute atomic E-state index is 0.0743. The lowest BCUT2D eigenvalue weighted by atomic mass is 9.84. The second-order valence-electron chi connectivity index (χ2n) is 13.4. The van der Waals surface area contributed by atoms with Crippen LogP contribution in [0.15, 0.2) is 170 Å². The smallest absolute Gasteiger partial charge is 0.407 e. The normalized spacial score (nSPS) is 13.1. The summed E-state index contributed by atoms with van der Waals surface area (Å²) in [5.41, 5.74) is 8.27. The lowest BCUT2D eigenvalue weighted by molar-refractivity contribution is -0.148. The van der Waals surface area contributed by atoms with Crippen molar-refractivity contribution in [3.8, 4) is 11.1 Å². The van der Waals surface area contributed by atoms with Crippen molar-refractivity contribution < 1.29 is 23.9 Å². The molecule has 0 saturated carbocycles. The molecule has 7 nitrogen and oxygen atoms in total. The standard InChI is InChI=1S/C47H42N2O5S/c1-33(45(51)53-30-34-18-6-2-7-19-34)48-44(50)43(49-46(52)54-31-42-40-28-16-14-26-38(40)39-27-15-17-29-41(39)42)32-55-47(35-20-8-3-9-21-35,36-22-10-4-11-23-36)37-24-12-5-13-25-37/h2-29,33,42-43H,30-32H2,1H3,(H,48,50)(H,49,52)/t33-,43+/m1/s1. The Morgan fingerprint density at radius 2 is 1.05 bits per heavy atom. The molecule has 0 heterocycles. The number of fused-ring (bicyclic) bond motifs is 3. The zero-order valence-corrected chi connectivity index (χ0v) is 31.3. The predicted molar refractivity (Wildman–Crippen MR) is 218 cm³/mol. The van der Waals surface area contributed by atoms with E-state index in [1.807, 2.05) is 109 Å². The molecule has 0 aliphatic heterocycles. The molecule has 0 spiro atoms. The van der Waals surface area contributed by atoms with Crippen molar-refractivity contribution >= 4 is 29.7 Å². The molecule has 8 heteroatoms. The molecule has 1 aliphatic carbocycles. The summed E-state index contributed by atoms with van der Waals surface area (Å²) >= 11 is 1.53. The maximum atomic E-state index is 14.2. The number of carbonyl (C=O) groups excluding carboxylic acids is 3. The number of hydrogen-bond donors (Lipinski definition) is 2. The van der Waals surface area contributed by atoms with Crippen LogP contribution in [0.25, 0.3) is 11.1 Å². The van der Waals surface area contributed by atoms with Crippen LogP contribution in [0.5, 0.6) is 0 Å². The summed E-state index contributed by atoms with van der Waals surface area (Å²) in [5.74, 6) is -1.13. The zero-order valence-electron chi connectivity index (χ0n) is 30.5. The first-order valence-electron chi connectivity index (χ1n) is 18.4. The number of ether oxygens (including phenoxy) is 2. The number of carbonyl (C=O) groups is 3. The van der Waals surface area contributed by atoms with Gasteiger partial charge in [-0.15, -0.1) is 11.8 Å². The summed E-state index contributed by atoms with van der Waals surface area (Å²) in [6.45, 7) is 1.74. The SMILES string of the molecule is C[C@@H](NC(=O)[C@H](CSC(c1ccccc1)(c1ccccc1)c1ccccc1)NC(=O)OCC1c2ccccc2-c2ccccc21)C(=O)OCc1ccccc1. The molecule has 276 valence electrons.